The Bertz CT molecular complexity index is 582. The van der Waals surface area contributed by atoms with Crippen LogP contribution in [0, 0.1) is 20.8 Å². The first kappa shape index (κ1) is 9.59. The van der Waals surface area contributed by atoms with Gasteiger partial charge in [-0.25, -0.2) is 0 Å². The highest BCUT2D eigenvalue weighted by atomic mass is 14.6. The molecule has 1 aromatic carbocycles. The minimum absolute atomic E-state index is 1.05. The molecular formula is C15H15N. The van der Waals surface area contributed by atoms with Crippen molar-refractivity contribution in [3.05, 3.63) is 52.3 Å². The summed E-state index contributed by atoms with van der Waals surface area (Å²) in [6.07, 6.45) is 4.93. The van der Waals surface area contributed by atoms with Crippen LogP contribution in [0.15, 0.2) is 24.5 Å². The van der Waals surface area contributed by atoms with E-state index in [1.165, 1.54) is 38.9 Å². The van der Waals surface area contributed by atoms with Crippen LogP contribution < -0.4 is 0 Å². The van der Waals surface area contributed by atoms with E-state index in [-0.39, 0.29) is 0 Å². The molecule has 0 unspecified atom stereocenters. The average molecular weight is 209 g/mol. The Labute approximate surface area is 96.2 Å². The maximum atomic E-state index is 4.21. The van der Waals surface area contributed by atoms with Crippen LogP contribution in [-0.2, 0) is 6.42 Å². The predicted octanol–water partition coefficient (Wildman–Crippen LogP) is 3.58. The molecule has 0 fully saturated rings. The van der Waals surface area contributed by atoms with Gasteiger partial charge in [0, 0.05) is 18.8 Å². The Morgan fingerprint density at radius 3 is 2.69 bits per heavy atom. The Morgan fingerprint density at radius 2 is 1.88 bits per heavy atom. The van der Waals surface area contributed by atoms with E-state index in [0.29, 0.717) is 0 Å². The number of hydrogen-bond acceptors (Lipinski definition) is 1. The highest BCUT2D eigenvalue weighted by Crippen LogP contribution is 2.39. The number of aryl methyl sites for hydroxylation is 1. The van der Waals surface area contributed by atoms with Crippen LogP contribution in [-0.4, -0.2) is 4.98 Å². The number of fused-ring (bicyclic) bond motifs is 3. The normalized spacial score (nSPS) is 12.4. The van der Waals surface area contributed by atoms with E-state index in [9.17, 15) is 0 Å². The van der Waals surface area contributed by atoms with Crippen molar-refractivity contribution in [3.8, 4) is 11.1 Å². The third-order valence-electron chi connectivity index (χ3n) is 3.85. The number of benzene rings is 1. The van der Waals surface area contributed by atoms with E-state index < -0.39 is 0 Å². The van der Waals surface area contributed by atoms with E-state index in [4.69, 9.17) is 0 Å². The van der Waals surface area contributed by atoms with Gasteiger partial charge in [0.1, 0.15) is 0 Å². The smallest absolute Gasteiger partial charge is 0.0309 e. The molecule has 0 amide bonds. The van der Waals surface area contributed by atoms with Crippen molar-refractivity contribution in [1.82, 2.24) is 4.98 Å². The molecular weight excluding hydrogens is 194 g/mol. The second kappa shape index (κ2) is 3.18. The third kappa shape index (κ3) is 1.15. The number of aromatic nitrogens is 1. The fourth-order valence-electron chi connectivity index (χ4n) is 2.63. The van der Waals surface area contributed by atoms with Crippen molar-refractivity contribution in [3.63, 3.8) is 0 Å². The van der Waals surface area contributed by atoms with Gasteiger partial charge in [0.15, 0.2) is 0 Å². The molecule has 1 aliphatic rings. The zero-order valence-corrected chi connectivity index (χ0v) is 9.96. The Kier molecular flexibility index (Phi) is 1.90. The first-order valence-electron chi connectivity index (χ1n) is 5.71. The Balaban J connectivity index is 2.34. The van der Waals surface area contributed by atoms with Crippen LogP contribution in [0.2, 0.25) is 0 Å². The maximum absolute atomic E-state index is 4.21. The van der Waals surface area contributed by atoms with E-state index in [1.54, 1.807) is 0 Å². The molecule has 1 heterocycles. The van der Waals surface area contributed by atoms with Crippen LogP contribution >= 0.6 is 0 Å². The minimum Gasteiger partial charge on any atom is -0.264 e. The lowest BCUT2D eigenvalue weighted by molar-refractivity contribution is 1.15. The van der Waals surface area contributed by atoms with E-state index >= 15 is 0 Å². The maximum Gasteiger partial charge on any atom is 0.0309 e. The highest BCUT2D eigenvalue weighted by Gasteiger charge is 2.21. The molecule has 0 saturated heterocycles. The van der Waals surface area contributed by atoms with Crippen LogP contribution in [0.5, 0.6) is 0 Å². The van der Waals surface area contributed by atoms with Crippen molar-refractivity contribution in [2.24, 2.45) is 0 Å². The van der Waals surface area contributed by atoms with Crippen LogP contribution in [0.4, 0.5) is 0 Å². The van der Waals surface area contributed by atoms with Gasteiger partial charge < -0.3 is 0 Å². The summed E-state index contributed by atoms with van der Waals surface area (Å²) in [6, 6.07) is 4.46. The molecule has 0 radical (unpaired) electrons. The first-order chi connectivity index (χ1) is 7.68. The summed E-state index contributed by atoms with van der Waals surface area (Å²) in [6.45, 7) is 6.65. The van der Waals surface area contributed by atoms with Crippen molar-refractivity contribution in [1.29, 1.82) is 0 Å². The summed E-state index contributed by atoms with van der Waals surface area (Å²) in [5.74, 6) is 0. The van der Waals surface area contributed by atoms with Gasteiger partial charge in [-0.05, 0) is 65.8 Å². The predicted molar refractivity (Wildman–Crippen MR) is 66.7 cm³/mol. The lowest BCUT2D eigenvalue weighted by atomic mass is 9.94. The zero-order chi connectivity index (χ0) is 11.3. The highest BCUT2D eigenvalue weighted by molar-refractivity contribution is 5.78. The van der Waals surface area contributed by atoms with E-state index in [0.717, 1.165) is 6.42 Å². The molecule has 0 aliphatic heterocycles. The molecule has 80 valence electrons. The van der Waals surface area contributed by atoms with Crippen molar-refractivity contribution in [2.75, 3.05) is 0 Å². The number of nitrogens with zero attached hydrogens (tertiary/aromatic N) is 1. The summed E-state index contributed by atoms with van der Waals surface area (Å²) in [5.41, 5.74) is 9.91. The van der Waals surface area contributed by atoms with Crippen LogP contribution in [0.3, 0.4) is 0 Å². The fourth-order valence-corrected chi connectivity index (χ4v) is 2.63. The molecule has 1 aliphatic carbocycles. The van der Waals surface area contributed by atoms with Crippen LogP contribution in [0.25, 0.3) is 11.1 Å². The molecule has 0 atom stereocenters. The monoisotopic (exact) mass is 209 g/mol. The molecule has 1 nitrogen and oxygen atoms in total. The van der Waals surface area contributed by atoms with Crippen molar-refractivity contribution < 1.29 is 0 Å². The van der Waals surface area contributed by atoms with Gasteiger partial charge >= 0.3 is 0 Å². The van der Waals surface area contributed by atoms with Gasteiger partial charge in [0.2, 0.25) is 0 Å². The van der Waals surface area contributed by atoms with Gasteiger partial charge in [-0.2, -0.15) is 0 Å². The molecule has 16 heavy (non-hydrogen) atoms. The molecule has 3 rings (SSSR count). The molecule has 1 heteroatoms. The summed E-state index contributed by atoms with van der Waals surface area (Å²) in [7, 11) is 0. The number of pyridine rings is 1. The van der Waals surface area contributed by atoms with Gasteiger partial charge in [-0.3, -0.25) is 4.98 Å². The number of hydrogen-bond donors (Lipinski definition) is 0. The average Bonchev–Trinajstić information content (AvgIpc) is 2.65. The van der Waals surface area contributed by atoms with Gasteiger partial charge in [0.25, 0.3) is 0 Å². The molecule has 2 aromatic rings. The molecule has 0 N–H and O–H groups in total. The third-order valence-corrected chi connectivity index (χ3v) is 3.85. The lowest BCUT2D eigenvalue weighted by Crippen LogP contribution is -1.93. The summed E-state index contributed by atoms with van der Waals surface area (Å²) >= 11 is 0. The summed E-state index contributed by atoms with van der Waals surface area (Å²) in [4.78, 5) is 4.21. The minimum atomic E-state index is 1.05. The largest absolute Gasteiger partial charge is 0.264 e. The second-order valence-corrected chi connectivity index (χ2v) is 4.68. The fraction of sp³-hybridized carbons (Fsp3) is 0.267. The lowest BCUT2D eigenvalue weighted by Gasteiger charge is -2.11. The summed E-state index contributed by atoms with van der Waals surface area (Å²) in [5, 5.41) is 0. The quantitative estimate of drug-likeness (QED) is 0.551. The molecule has 0 spiro atoms. The van der Waals surface area contributed by atoms with Gasteiger partial charge in [-0.15, -0.1) is 0 Å². The van der Waals surface area contributed by atoms with Crippen molar-refractivity contribution >= 4 is 0 Å². The van der Waals surface area contributed by atoms with Crippen molar-refractivity contribution in [2.45, 2.75) is 27.2 Å². The Morgan fingerprint density at radius 1 is 1.06 bits per heavy atom. The van der Waals surface area contributed by atoms with Gasteiger partial charge in [0.05, 0.1) is 0 Å². The standard InChI is InChI=1S/C15H15N/c1-9-6-15-13-4-5-16-8-12(13)7-14(15)11(3)10(9)2/h4-6,8H,7H2,1-3H3. The van der Waals surface area contributed by atoms with E-state index in [1.807, 2.05) is 12.4 Å². The molecule has 1 aromatic heterocycles. The first-order valence-corrected chi connectivity index (χ1v) is 5.71. The zero-order valence-electron chi connectivity index (χ0n) is 9.96. The Hall–Kier alpha value is -1.63. The van der Waals surface area contributed by atoms with Gasteiger partial charge in [-0.1, -0.05) is 6.07 Å². The topological polar surface area (TPSA) is 12.9 Å². The van der Waals surface area contributed by atoms with E-state index in [2.05, 4.69) is 37.9 Å². The second-order valence-electron chi connectivity index (χ2n) is 4.68. The summed E-state index contributed by atoms with van der Waals surface area (Å²) < 4.78 is 0. The molecule has 0 bridgehead atoms. The SMILES string of the molecule is Cc1cc2c(c(C)c1C)Cc1cnccc1-2. The molecule has 0 saturated carbocycles. The van der Waals surface area contributed by atoms with Crippen LogP contribution in [0.1, 0.15) is 27.8 Å². The number of rotatable bonds is 0.